The van der Waals surface area contributed by atoms with E-state index in [1.807, 2.05) is 0 Å². The Hall–Kier alpha value is -2.87. The second-order valence-electron chi connectivity index (χ2n) is 6.49. The molecule has 7 nitrogen and oxygen atoms in total. The van der Waals surface area contributed by atoms with Crippen LogP contribution in [0.25, 0.3) is 22.8 Å². The SMILES string of the molecule is CCN1CCCC1CNc1ncncc1-c1nc(-c2ccccc2F)no1. The Morgan fingerprint density at radius 3 is 3.04 bits per heavy atom. The van der Waals surface area contributed by atoms with Crippen molar-refractivity contribution in [3.63, 3.8) is 0 Å². The first kappa shape index (κ1) is 17.5. The fraction of sp³-hybridized carbons (Fsp3) is 0.368. The zero-order valence-electron chi connectivity index (χ0n) is 15.1. The molecule has 1 atom stereocenters. The topological polar surface area (TPSA) is 80.0 Å². The van der Waals surface area contributed by atoms with Crippen LogP contribution < -0.4 is 5.32 Å². The van der Waals surface area contributed by atoms with E-state index in [4.69, 9.17) is 4.52 Å². The maximum Gasteiger partial charge on any atom is 0.263 e. The average Bonchev–Trinajstić information content (AvgIpc) is 3.36. The monoisotopic (exact) mass is 368 g/mol. The highest BCUT2D eigenvalue weighted by Gasteiger charge is 2.24. The number of hydrogen-bond acceptors (Lipinski definition) is 7. The van der Waals surface area contributed by atoms with Gasteiger partial charge in [-0.15, -0.1) is 0 Å². The highest BCUT2D eigenvalue weighted by Crippen LogP contribution is 2.27. The van der Waals surface area contributed by atoms with Crippen molar-refractivity contribution in [2.24, 2.45) is 0 Å². The minimum absolute atomic E-state index is 0.200. The number of benzene rings is 1. The minimum atomic E-state index is -0.395. The fourth-order valence-corrected chi connectivity index (χ4v) is 3.47. The summed E-state index contributed by atoms with van der Waals surface area (Å²) in [5.74, 6) is 0.700. The van der Waals surface area contributed by atoms with Gasteiger partial charge in [0.05, 0.1) is 5.56 Å². The van der Waals surface area contributed by atoms with Crippen LogP contribution >= 0.6 is 0 Å². The zero-order valence-corrected chi connectivity index (χ0v) is 15.1. The normalized spacial score (nSPS) is 17.3. The van der Waals surface area contributed by atoms with Crippen LogP contribution in [0.1, 0.15) is 19.8 Å². The fourth-order valence-electron chi connectivity index (χ4n) is 3.47. The molecule has 1 saturated heterocycles. The lowest BCUT2D eigenvalue weighted by Crippen LogP contribution is -2.34. The van der Waals surface area contributed by atoms with E-state index in [0.29, 0.717) is 23.0 Å². The van der Waals surface area contributed by atoms with Gasteiger partial charge in [0.15, 0.2) is 0 Å². The summed E-state index contributed by atoms with van der Waals surface area (Å²) in [5.41, 5.74) is 0.900. The molecule has 1 aliphatic heterocycles. The first-order chi connectivity index (χ1) is 13.3. The van der Waals surface area contributed by atoms with Crippen LogP contribution in [0.4, 0.5) is 10.2 Å². The third kappa shape index (κ3) is 3.66. The van der Waals surface area contributed by atoms with Crippen LogP contribution in [-0.2, 0) is 0 Å². The number of rotatable bonds is 6. The van der Waals surface area contributed by atoms with Crippen LogP contribution in [0.3, 0.4) is 0 Å². The standard InChI is InChI=1S/C19H21FN6O/c1-2-26-9-5-6-13(26)10-22-17-15(11-21-12-23-17)19-24-18(25-27-19)14-7-3-4-8-16(14)20/h3-4,7-8,11-13H,2,5-6,9-10H2,1H3,(H,21,22,23). The van der Waals surface area contributed by atoms with Crippen LogP contribution in [0.5, 0.6) is 0 Å². The first-order valence-electron chi connectivity index (χ1n) is 9.13. The van der Waals surface area contributed by atoms with Gasteiger partial charge in [-0.2, -0.15) is 4.98 Å². The molecular formula is C19H21FN6O. The highest BCUT2D eigenvalue weighted by atomic mass is 19.1. The van der Waals surface area contributed by atoms with Gasteiger partial charge in [0, 0.05) is 18.8 Å². The molecule has 27 heavy (non-hydrogen) atoms. The molecule has 0 radical (unpaired) electrons. The largest absolute Gasteiger partial charge is 0.368 e. The molecule has 0 bridgehead atoms. The summed E-state index contributed by atoms with van der Waals surface area (Å²) in [5, 5.41) is 7.29. The Bertz CT molecular complexity index is 914. The van der Waals surface area contributed by atoms with Gasteiger partial charge in [-0.05, 0) is 38.1 Å². The van der Waals surface area contributed by atoms with Crippen molar-refractivity contribution in [3.05, 3.63) is 42.6 Å². The lowest BCUT2D eigenvalue weighted by molar-refractivity contribution is 0.277. The molecule has 1 aliphatic rings. The average molecular weight is 368 g/mol. The van der Waals surface area contributed by atoms with E-state index in [9.17, 15) is 4.39 Å². The van der Waals surface area contributed by atoms with Crippen molar-refractivity contribution < 1.29 is 8.91 Å². The predicted octanol–water partition coefficient (Wildman–Crippen LogP) is 3.23. The molecule has 0 saturated carbocycles. The summed E-state index contributed by atoms with van der Waals surface area (Å²) in [6, 6.07) is 6.81. The molecule has 1 N–H and O–H groups in total. The number of hydrogen-bond donors (Lipinski definition) is 1. The number of likely N-dealkylation sites (N-methyl/N-ethyl adjacent to an activating group) is 1. The summed E-state index contributed by atoms with van der Waals surface area (Å²) >= 11 is 0. The highest BCUT2D eigenvalue weighted by molar-refractivity contribution is 5.69. The Morgan fingerprint density at radius 2 is 2.19 bits per heavy atom. The van der Waals surface area contributed by atoms with Crippen molar-refractivity contribution in [2.45, 2.75) is 25.8 Å². The van der Waals surface area contributed by atoms with E-state index >= 15 is 0 Å². The molecular weight excluding hydrogens is 347 g/mol. The van der Waals surface area contributed by atoms with E-state index in [2.05, 4.69) is 37.2 Å². The maximum atomic E-state index is 14.0. The van der Waals surface area contributed by atoms with Gasteiger partial charge in [-0.1, -0.05) is 24.2 Å². The van der Waals surface area contributed by atoms with Gasteiger partial charge < -0.3 is 9.84 Å². The lowest BCUT2D eigenvalue weighted by atomic mass is 10.2. The Morgan fingerprint density at radius 1 is 1.30 bits per heavy atom. The van der Waals surface area contributed by atoms with E-state index < -0.39 is 5.82 Å². The molecule has 4 rings (SSSR count). The molecule has 2 aromatic heterocycles. The number of aromatic nitrogens is 4. The molecule has 1 aromatic carbocycles. The predicted molar refractivity (Wildman–Crippen MR) is 99.5 cm³/mol. The number of halogens is 1. The smallest absolute Gasteiger partial charge is 0.263 e. The Labute approximate surface area is 156 Å². The van der Waals surface area contributed by atoms with Gasteiger partial charge in [0.25, 0.3) is 5.89 Å². The van der Waals surface area contributed by atoms with Crippen molar-refractivity contribution in [1.29, 1.82) is 0 Å². The Balaban J connectivity index is 1.56. The molecule has 1 fully saturated rings. The van der Waals surface area contributed by atoms with E-state index in [-0.39, 0.29) is 11.7 Å². The van der Waals surface area contributed by atoms with Crippen LogP contribution in [-0.4, -0.2) is 50.7 Å². The quantitative estimate of drug-likeness (QED) is 0.715. The minimum Gasteiger partial charge on any atom is -0.368 e. The summed E-state index contributed by atoms with van der Waals surface area (Å²) in [6.07, 6.45) is 5.48. The molecule has 3 aromatic rings. The number of anilines is 1. The number of likely N-dealkylation sites (tertiary alicyclic amines) is 1. The molecule has 0 amide bonds. The van der Waals surface area contributed by atoms with Gasteiger partial charge in [-0.25, -0.2) is 14.4 Å². The third-order valence-corrected chi connectivity index (χ3v) is 4.89. The third-order valence-electron chi connectivity index (χ3n) is 4.89. The van der Waals surface area contributed by atoms with Gasteiger partial charge in [0.1, 0.15) is 23.5 Å². The molecule has 0 spiro atoms. The van der Waals surface area contributed by atoms with E-state index in [1.165, 1.54) is 25.2 Å². The first-order valence-corrected chi connectivity index (χ1v) is 9.13. The second kappa shape index (κ2) is 7.79. The zero-order chi connectivity index (χ0) is 18.6. The van der Waals surface area contributed by atoms with Gasteiger partial charge in [-0.3, -0.25) is 4.90 Å². The summed E-state index contributed by atoms with van der Waals surface area (Å²) in [4.78, 5) is 15.2. The second-order valence-corrected chi connectivity index (χ2v) is 6.49. The summed E-state index contributed by atoms with van der Waals surface area (Å²) in [6.45, 7) is 5.14. The van der Waals surface area contributed by atoms with Crippen molar-refractivity contribution >= 4 is 5.82 Å². The van der Waals surface area contributed by atoms with Crippen molar-refractivity contribution in [2.75, 3.05) is 25.0 Å². The summed E-state index contributed by atoms with van der Waals surface area (Å²) < 4.78 is 19.3. The van der Waals surface area contributed by atoms with E-state index in [1.54, 1.807) is 24.4 Å². The van der Waals surface area contributed by atoms with Crippen molar-refractivity contribution in [3.8, 4) is 22.8 Å². The van der Waals surface area contributed by atoms with Crippen molar-refractivity contribution in [1.82, 2.24) is 25.0 Å². The molecule has 0 aliphatic carbocycles. The molecule has 1 unspecified atom stereocenters. The molecule has 140 valence electrons. The molecule has 8 heteroatoms. The van der Waals surface area contributed by atoms with Crippen LogP contribution in [0, 0.1) is 5.82 Å². The number of nitrogens with one attached hydrogen (secondary N) is 1. The maximum absolute atomic E-state index is 14.0. The Kier molecular flexibility index (Phi) is 5.06. The number of nitrogens with zero attached hydrogens (tertiary/aromatic N) is 5. The lowest BCUT2D eigenvalue weighted by Gasteiger charge is -2.23. The van der Waals surface area contributed by atoms with Crippen LogP contribution in [0.15, 0.2) is 41.3 Å². The summed E-state index contributed by atoms with van der Waals surface area (Å²) in [7, 11) is 0. The van der Waals surface area contributed by atoms with Gasteiger partial charge in [0.2, 0.25) is 5.82 Å². The van der Waals surface area contributed by atoms with E-state index in [0.717, 1.165) is 19.6 Å². The van der Waals surface area contributed by atoms with Gasteiger partial charge >= 0.3 is 0 Å². The van der Waals surface area contributed by atoms with Crippen LogP contribution in [0.2, 0.25) is 0 Å². The molecule has 3 heterocycles.